The normalized spacial score (nSPS) is 13.5. The number of hydrogen-bond donors (Lipinski definition) is 0. The van der Waals surface area contributed by atoms with Crippen molar-refractivity contribution in [3.63, 3.8) is 0 Å². The number of carbonyl (C=O) groups excluding carboxylic acids is 3. The maximum atomic E-state index is 12.7. The van der Waals surface area contributed by atoms with Crippen molar-refractivity contribution in [3.8, 4) is 0 Å². The van der Waals surface area contributed by atoms with Gasteiger partial charge >= 0.3 is 11.9 Å². The number of esters is 2. The van der Waals surface area contributed by atoms with E-state index < -0.39 is 18.1 Å². The first-order chi connectivity index (χ1) is 26.6. The number of carboxylic acid groups (broad SMARTS) is 1. The topological polar surface area (TPSA) is 102 Å². The van der Waals surface area contributed by atoms with Crippen LogP contribution in [0, 0.1) is 0 Å². The first-order valence-electron chi connectivity index (χ1n) is 21.9. The summed E-state index contributed by atoms with van der Waals surface area (Å²) in [5.74, 6) is -1.77. The van der Waals surface area contributed by atoms with E-state index in [1.54, 1.807) is 21.1 Å². The van der Waals surface area contributed by atoms with Gasteiger partial charge in [-0.15, -0.1) is 0 Å². The van der Waals surface area contributed by atoms with Crippen molar-refractivity contribution in [1.82, 2.24) is 0 Å². The number of ether oxygens (including phenoxy) is 3. The fourth-order valence-electron chi connectivity index (χ4n) is 6.10. The van der Waals surface area contributed by atoms with Gasteiger partial charge in [-0.05, 0) is 32.1 Å². The molecule has 8 heteroatoms. The number of unbranched alkanes of at least 4 members (excludes halogenated alkanes) is 18. The first kappa shape index (κ1) is 52.0. The zero-order chi connectivity index (χ0) is 40.7. The second kappa shape index (κ2) is 37.9. The van der Waals surface area contributed by atoms with Gasteiger partial charge < -0.3 is 28.6 Å². The largest absolute Gasteiger partial charge is 0.544 e. The van der Waals surface area contributed by atoms with Gasteiger partial charge in [0.1, 0.15) is 12.6 Å². The SMILES string of the molecule is CCC/C=C/C=C/C=C/C=C/C=C/CCCCCCCC(=O)OC(COCCC(C(=O)[O-])[N+](C)(C)C)COC(=O)CCCCCCCCCCCCCCC. The third-order valence-corrected chi connectivity index (χ3v) is 9.52. The monoisotopic (exact) mass is 772 g/mol. The molecular weight excluding hydrogens is 691 g/mol. The Morgan fingerprint density at radius 2 is 1.00 bits per heavy atom. The molecule has 316 valence electrons. The average Bonchev–Trinajstić information content (AvgIpc) is 3.14. The number of aliphatic carboxylic acids is 1. The standard InChI is InChI=1S/C47H81NO7/c1-6-8-10-12-14-16-18-20-21-22-23-24-26-28-30-32-34-36-38-46(50)55-43(41-53-40-39-44(47(51)52)48(3,4)5)42-54-45(49)37-35-33-31-29-27-25-19-17-15-13-11-9-7-2/h10,12,14,16,18,20-24,43-44H,6-9,11,13,15,17,19,25-42H2,1-5H3/b12-10+,16-14+,20-18+,22-21+,24-23+. The molecule has 0 saturated carbocycles. The van der Waals surface area contributed by atoms with Crippen molar-refractivity contribution >= 4 is 17.9 Å². The second-order valence-corrected chi connectivity index (χ2v) is 15.7. The Morgan fingerprint density at radius 3 is 1.49 bits per heavy atom. The van der Waals surface area contributed by atoms with Gasteiger partial charge in [-0.25, -0.2) is 0 Å². The lowest BCUT2D eigenvalue weighted by atomic mass is 10.0. The van der Waals surface area contributed by atoms with Gasteiger partial charge in [0.2, 0.25) is 0 Å². The minimum absolute atomic E-state index is 0.0292. The highest BCUT2D eigenvalue weighted by Crippen LogP contribution is 2.14. The lowest BCUT2D eigenvalue weighted by Gasteiger charge is -2.34. The third kappa shape index (κ3) is 36.4. The van der Waals surface area contributed by atoms with Crippen LogP contribution in [0.25, 0.3) is 0 Å². The van der Waals surface area contributed by atoms with Gasteiger partial charge in [0.15, 0.2) is 6.10 Å². The second-order valence-electron chi connectivity index (χ2n) is 15.7. The Hall–Kier alpha value is -2.97. The molecule has 55 heavy (non-hydrogen) atoms. The fourth-order valence-corrected chi connectivity index (χ4v) is 6.10. The molecule has 0 N–H and O–H groups in total. The lowest BCUT2D eigenvalue weighted by molar-refractivity contribution is -0.889. The van der Waals surface area contributed by atoms with Crippen LogP contribution >= 0.6 is 0 Å². The predicted molar refractivity (Wildman–Crippen MR) is 226 cm³/mol. The number of nitrogens with zero attached hydrogens (tertiary/aromatic N) is 1. The Morgan fingerprint density at radius 1 is 0.545 bits per heavy atom. The molecule has 0 aliphatic carbocycles. The number of allylic oxidation sites excluding steroid dienone is 10. The van der Waals surface area contributed by atoms with Crippen LogP contribution in [0.5, 0.6) is 0 Å². The minimum Gasteiger partial charge on any atom is -0.544 e. The quantitative estimate of drug-likeness (QED) is 0.0266. The third-order valence-electron chi connectivity index (χ3n) is 9.52. The zero-order valence-electron chi connectivity index (χ0n) is 35.8. The van der Waals surface area contributed by atoms with Gasteiger partial charge in [0.25, 0.3) is 0 Å². The first-order valence-corrected chi connectivity index (χ1v) is 21.9. The molecule has 0 radical (unpaired) electrons. The Kier molecular flexibility index (Phi) is 35.9. The summed E-state index contributed by atoms with van der Waals surface area (Å²) in [5.41, 5.74) is 0. The molecule has 0 heterocycles. The van der Waals surface area contributed by atoms with E-state index in [9.17, 15) is 19.5 Å². The molecule has 0 rings (SSSR count). The number of quaternary nitrogens is 1. The van der Waals surface area contributed by atoms with Crippen LogP contribution in [-0.4, -0.2) is 75.5 Å². The fraction of sp³-hybridized carbons (Fsp3) is 0.723. The van der Waals surface area contributed by atoms with E-state index in [0.29, 0.717) is 12.8 Å². The van der Waals surface area contributed by atoms with Crippen LogP contribution in [0.2, 0.25) is 0 Å². The zero-order valence-corrected chi connectivity index (χ0v) is 35.8. The molecule has 0 aliphatic heterocycles. The molecule has 0 aromatic carbocycles. The Bertz CT molecular complexity index is 1090. The summed E-state index contributed by atoms with van der Waals surface area (Å²) in [6.07, 6.45) is 45.2. The van der Waals surface area contributed by atoms with Crippen molar-refractivity contribution in [3.05, 3.63) is 60.8 Å². The van der Waals surface area contributed by atoms with Crippen LogP contribution < -0.4 is 5.11 Å². The summed E-state index contributed by atoms with van der Waals surface area (Å²) in [6, 6.07) is -0.731. The van der Waals surface area contributed by atoms with Crippen LogP contribution in [-0.2, 0) is 28.6 Å². The van der Waals surface area contributed by atoms with Gasteiger partial charge in [0.05, 0.1) is 40.3 Å². The van der Waals surface area contributed by atoms with Crippen molar-refractivity contribution in [1.29, 1.82) is 0 Å². The molecule has 0 aromatic rings. The lowest BCUT2D eigenvalue weighted by Crippen LogP contribution is -2.55. The molecule has 0 spiro atoms. The number of carbonyl (C=O) groups is 3. The predicted octanol–water partition coefficient (Wildman–Crippen LogP) is 10.5. The summed E-state index contributed by atoms with van der Waals surface area (Å²) >= 11 is 0. The van der Waals surface area contributed by atoms with Crippen molar-refractivity contribution in [2.24, 2.45) is 0 Å². The van der Waals surface area contributed by atoms with Crippen molar-refractivity contribution in [2.75, 3.05) is 41.0 Å². The molecular formula is C47H81NO7. The molecule has 8 nitrogen and oxygen atoms in total. The number of carboxylic acids is 1. The van der Waals surface area contributed by atoms with E-state index in [2.05, 4.69) is 38.2 Å². The average molecular weight is 772 g/mol. The Labute approximate surface area is 337 Å². The molecule has 0 amide bonds. The van der Waals surface area contributed by atoms with E-state index in [1.165, 1.54) is 70.6 Å². The van der Waals surface area contributed by atoms with Crippen LogP contribution in [0.4, 0.5) is 0 Å². The molecule has 0 fully saturated rings. The van der Waals surface area contributed by atoms with Gasteiger partial charge in [0, 0.05) is 19.3 Å². The highest BCUT2D eigenvalue weighted by molar-refractivity contribution is 5.70. The molecule has 0 bridgehead atoms. The maximum Gasteiger partial charge on any atom is 0.306 e. The van der Waals surface area contributed by atoms with E-state index in [0.717, 1.165) is 64.2 Å². The van der Waals surface area contributed by atoms with E-state index in [4.69, 9.17) is 14.2 Å². The van der Waals surface area contributed by atoms with Gasteiger partial charge in [-0.2, -0.15) is 0 Å². The van der Waals surface area contributed by atoms with Crippen molar-refractivity contribution < 1.29 is 38.2 Å². The van der Waals surface area contributed by atoms with Crippen LogP contribution in [0.3, 0.4) is 0 Å². The minimum atomic E-state index is -1.13. The number of rotatable bonds is 38. The number of hydrogen-bond acceptors (Lipinski definition) is 7. The molecule has 0 saturated heterocycles. The molecule has 2 atom stereocenters. The molecule has 0 aliphatic rings. The summed E-state index contributed by atoms with van der Waals surface area (Å²) in [4.78, 5) is 36.8. The molecule has 2 unspecified atom stereocenters. The number of likely N-dealkylation sites (N-methyl/N-ethyl adjacent to an activating group) is 1. The summed E-state index contributed by atoms with van der Waals surface area (Å²) < 4.78 is 17.1. The van der Waals surface area contributed by atoms with Crippen LogP contribution in [0.15, 0.2) is 60.8 Å². The highest BCUT2D eigenvalue weighted by atomic mass is 16.6. The van der Waals surface area contributed by atoms with E-state index >= 15 is 0 Å². The van der Waals surface area contributed by atoms with Gasteiger partial charge in [-0.1, -0.05) is 177 Å². The summed E-state index contributed by atoms with van der Waals surface area (Å²) in [7, 11) is 5.39. The highest BCUT2D eigenvalue weighted by Gasteiger charge is 2.25. The van der Waals surface area contributed by atoms with E-state index in [-0.39, 0.29) is 42.7 Å². The maximum absolute atomic E-state index is 12.7. The van der Waals surface area contributed by atoms with E-state index in [1.807, 2.05) is 36.5 Å². The van der Waals surface area contributed by atoms with Crippen LogP contribution in [0.1, 0.15) is 168 Å². The summed E-state index contributed by atoms with van der Waals surface area (Å²) in [6.45, 7) is 4.54. The van der Waals surface area contributed by atoms with Crippen molar-refractivity contribution in [2.45, 2.75) is 180 Å². The molecule has 0 aromatic heterocycles. The van der Waals surface area contributed by atoms with Gasteiger partial charge in [-0.3, -0.25) is 9.59 Å². The smallest absolute Gasteiger partial charge is 0.306 e. The Balaban J connectivity index is 4.42. The summed E-state index contributed by atoms with van der Waals surface area (Å²) in [5, 5.41) is 11.6.